The maximum absolute atomic E-state index is 11.8. The molecule has 0 aromatic carbocycles. The number of hydrogen-bond acceptors (Lipinski definition) is 2. The van der Waals surface area contributed by atoms with E-state index in [1.165, 1.54) is 12.8 Å². The van der Waals surface area contributed by atoms with E-state index >= 15 is 0 Å². The third-order valence-electron chi connectivity index (χ3n) is 4.07. The molecule has 3 nitrogen and oxygen atoms in total. The molecule has 0 aromatic heterocycles. The predicted octanol–water partition coefficient (Wildman–Crippen LogP) is 3.42. The van der Waals surface area contributed by atoms with Crippen LogP contribution in [0.1, 0.15) is 65.2 Å². The van der Waals surface area contributed by atoms with Crippen molar-refractivity contribution in [1.82, 2.24) is 0 Å². The van der Waals surface area contributed by atoms with Gasteiger partial charge in [-0.3, -0.25) is 9.59 Å². The van der Waals surface area contributed by atoms with Crippen LogP contribution in [0.5, 0.6) is 0 Å². The molecular formula is C14H24O3. The minimum atomic E-state index is -0.777. The lowest BCUT2D eigenvalue weighted by atomic mass is 9.74. The third-order valence-corrected chi connectivity index (χ3v) is 4.07. The van der Waals surface area contributed by atoms with Gasteiger partial charge in [0.1, 0.15) is 5.78 Å². The highest BCUT2D eigenvalue weighted by molar-refractivity contribution is 5.85. The summed E-state index contributed by atoms with van der Waals surface area (Å²) in [6, 6.07) is 0. The fourth-order valence-corrected chi connectivity index (χ4v) is 2.99. The smallest absolute Gasteiger partial charge is 0.303 e. The number of carbonyl (C=O) groups is 2. The van der Waals surface area contributed by atoms with Gasteiger partial charge in [0.05, 0.1) is 6.42 Å². The molecule has 0 saturated heterocycles. The number of carboxylic acids is 1. The van der Waals surface area contributed by atoms with Crippen molar-refractivity contribution in [3.05, 3.63) is 0 Å². The Labute approximate surface area is 104 Å². The number of carboxylic acid groups (broad SMARTS) is 1. The molecule has 0 spiro atoms. The van der Waals surface area contributed by atoms with Gasteiger partial charge in [0.2, 0.25) is 0 Å². The summed E-state index contributed by atoms with van der Waals surface area (Å²) in [5.41, 5.74) is -0.296. The maximum atomic E-state index is 11.8. The molecule has 1 N–H and O–H groups in total. The van der Waals surface area contributed by atoms with Gasteiger partial charge in [0.15, 0.2) is 0 Å². The summed E-state index contributed by atoms with van der Waals surface area (Å²) in [4.78, 5) is 22.7. The van der Waals surface area contributed by atoms with Gasteiger partial charge >= 0.3 is 5.97 Å². The Kier molecular flexibility index (Phi) is 5.16. The SMILES string of the molecule is CCCCCCC1C(=O)CCC1(C)CC(=O)O. The van der Waals surface area contributed by atoms with E-state index < -0.39 is 5.97 Å². The van der Waals surface area contributed by atoms with E-state index in [9.17, 15) is 9.59 Å². The van der Waals surface area contributed by atoms with E-state index in [0.717, 1.165) is 25.7 Å². The summed E-state index contributed by atoms with van der Waals surface area (Å²) in [6.45, 7) is 4.13. The highest BCUT2D eigenvalue weighted by atomic mass is 16.4. The Morgan fingerprint density at radius 3 is 2.71 bits per heavy atom. The molecule has 1 saturated carbocycles. The van der Waals surface area contributed by atoms with Crippen LogP contribution < -0.4 is 0 Å². The standard InChI is InChI=1S/C14H24O3/c1-3-4-5-6-7-11-12(15)8-9-14(11,2)10-13(16)17/h11H,3-10H2,1-2H3,(H,16,17). The maximum Gasteiger partial charge on any atom is 0.303 e. The number of Topliss-reactive ketones (excluding diaryl/α,β-unsaturated/α-hetero) is 1. The van der Waals surface area contributed by atoms with E-state index in [4.69, 9.17) is 5.11 Å². The van der Waals surface area contributed by atoms with Gasteiger partial charge in [0.25, 0.3) is 0 Å². The second-order valence-electron chi connectivity index (χ2n) is 5.59. The van der Waals surface area contributed by atoms with Crippen LogP contribution in [0.4, 0.5) is 0 Å². The normalized spacial score (nSPS) is 28.6. The first kappa shape index (κ1) is 14.2. The van der Waals surface area contributed by atoms with Crippen LogP contribution in [0.3, 0.4) is 0 Å². The molecule has 2 unspecified atom stereocenters. The largest absolute Gasteiger partial charge is 0.481 e. The molecule has 3 heteroatoms. The molecule has 1 fully saturated rings. The molecule has 0 bridgehead atoms. The summed E-state index contributed by atoms with van der Waals surface area (Å²) in [5.74, 6) is -0.513. The molecule has 0 radical (unpaired) electrons. The molecule has 0 aromatic rings. The molecule has 1 rings (SSSR count). The minimum Gasteiger partial charge on any atom is -0.481 e. The van der Waals surface area contributed by atoms with Gasteiger partial charge in [0, 0.05) is 12.3 Å². The molecule has 17 heavy (non-hydrogen) atoms. The topological polar surface area (TPSA) is 54.4 Å². The Morgan fingerprint density at radius 2 is 2.12 bits per heavy atom. The number of rotatable bonds is 7. The second kappa shape index (κ2) is 6.18. The molecule has 0 amide bonds. The van der Waals surface area contributed by atoms with E-state index in [2.05, 4.69) is 6.92 Å². The van der Waals surface area contributed by atoms with Crippen molar-refractivity contribution in [2.24, 2.45) is 11.3 Å². The van der Waals surface area contributed by atoms with Gasteiger partial charge in [-0.05, 0) is 18.3 Å². The Balaban J connectivity index is 2.52. The molecule has 1 aliphatic rings. The number of carbonyl (C=O) groups excluding carboxylic acids is 1. The van der Waals surface area contributed by atoms with Crippen LogP contribution in [-0.4, -0.2) is 16.9 Å². The molecular weight excluding hydrogens is 216 g/mol. The Bertz CT molecular complexity index is 285. The first-order valence-corrected chi connectivity index (χ1v) is 6.74. The Morgan fingerprint density at radius 1 is 1.41 bits per heavy atom. The van der Waals surface area contributed by atoms with Crippen LogP contribution in [0.2, 0.25) is 0 Å². The number of ketones is 1. The van der Waals surface area contributed by atoms with Gasteiger partial charge in [-0.2, -0.15) is 0 Å². The molecule has 0 heterocycles. The molecule has 0 aliphatic heterocycles. The van der Waals surface area contributed by atoms with Gasteiger partial charge in [-0.25, -0.2) is 0 Å². The monoisotopic (exact) mass is 240 g/mol. The van der Waals surface area contributed by atoms with Crippen molar-refractivity contribution in [3.63, 3.8) is 0 Å². The summed E-state index contributed by atoms with van der Waals surface area (Å²) < 4.78 is 0. The van der Waals surface area contributed by atoms with Crippen LogP contribution in [-0.2, 0) is 9.59 Å². The van der Waals surface area contributed by atoms with Crippen LogP contribution >= 0.6 is 0 Å². The van der Waals surface area contributed by atoms with Crippen LogP contribution in [0.15, 0.2) is 0 Å². The zero-order valence-corrected chi connectivity index (χ0v) is 11.0. The summed E-state index contributed by atoms with van der Waals surface area (Å²) in [5, 5.41) is 8.94. The van der Waals surface area contributed by atoms with Crippen molar-refractivity contribution in [2.45, 2.75) is 65.2 Å². The first-order valence-electron chi connectivity index (χ1n) is 6.74. The fraction of sp³-hybridized carbons (Fsp3) is 0.857. The highest BCUT2D eigenvalue weighted by Crippen LogP contribution is 2.46. The number of aliphatic carboxylic acids is 1. The zero-order valence-electron chi connectivity index (χ0n) is 11.0. The van der Waals surface area contributed by atoms with Crippen molar-refractivity contribution >= 4 is 11.8 Å². The van der Waals surface area contributed by atoms with Crippen molar-refractivity contribution in [2.75, 3.05) is 0 Å². The van der Waals surface area contributed by atoms with Crippen molar-refractivity contribution in [1.29, 1.82) is 0 Å². The quantitative estimate of drug-likeness (QED) is 0.694. The van der Waals surface area contributed by atoms with E-state index in [0.29, 0.717) is 6.42 Å². The van der Waals surface area contributed by atoms with Crippen LogP contribution in [0, 0.1) is 11.3 Å². The van der Waals surface area contributed by atoms with Gasteiger partial charge in [-0.1, -0.05) is 39.5 Å². The van der Waals surface area contributed by atoms with Crippen LogP contribution in [0.25, 0.3) is 0 Å². The fourth-order valence-electron chi connectivity index (χ4n) is 2.99. The Hall–Kier alpha value is -0.860. The molecule has 1 aliphatic carbocycles. The molecule has 98 valence electrons. The predicted molar refractivity (Wildman–Crippen MR) is 66.8 cm³/mol. The summed E-state index contributed by atoms with van der Waals surface area (Å²) in [7, 11) is 0. The average Bonchev–Trinajstić information content (AvgIpc) is 2.50. The average molecular weight is 240 g/mol. The number of hydrogen-bond donors (Lipinski definition) is 1. The first-order chi connectivity index (χ1) is 7.99. The number of unbranched alkanes of at least 4 members (excludes halogenated alkanes) is 3. The lowest BCUT2D eigenvalue weighted by Gasteiger charge is -2.28. The minimum absolute atomic E-state index is 0.0181. The molecule has 2 atom stereocenters. The second-order valence-corrected chi connectivity index (χ2v) is 5.59. The van der Waals surface area contributed by atoms with Gasteiger partial charge in [-0.15, -0.1) is 0 Å². The van der Waals surface area contributed by atoms with Crippen molar-refractivity contribution < 1.29 is 14.7 Å². The zero-order chi connectivity index (χ0) is 12.9. The highest BCUT2D eigenvalue weighted by Gasteiger charge is 2.44. The van der Waals surface area contributed by atoms with E-state index in [-0.39, 0.29) is 23.5 Å². The van der Waals surface area contributed by atoms with Crippen molar-refractivity contribution in [3.8, 4) is 0 Å². The third kappa shape index (κ3) is 3.83. The van der Waals surface area contributed by atoms with E-state index in [1.54, 1.807) is 0 Å². The summed E-state index contributed by atoms with van der Waals surface area (Å²) in [6.07, 6.45) is 6.93. The lowest BCUT2D eigenvalue weighted by Crippen LogP contribution is -2.28. The van der Waals surface area contributed by atoms with Gasteiger partial charge < -0.3 is 5.11 Å². The lowest BCUT2D eigenvalue weighted by molar-refractivity contribution is -0.140. The summed E-state index contributed by atoms with van der Waals surface area (Å²) >= 11 is 0. The van der Waals surface area contributed by atoms with E-state index in [1.807, 2.05) is 6.92 Å².